The van der Waals surface area contributed by atoms with Crippen LogP contribution in [0.5, 0.6) is 0 Å². The Bertz CT molecular complexity index is 532. The lowest BCUT2D eigenvalue weighted by atomic mass is 10.5. The third-order valence-electron chi connectivity index (χ3n) is 1.43. The highest BCUT2D eigenvalue weighted by molar-refractivity contribution is 5.80. The second-order valence-electron chi connectivity index (χ2n) is 2.26. The van der Waals surface area contributed by atoms with Crippen molar-refractivity contribution >= 4 is 17.0 Å². The molecule has 2 aromatic rings. The van der Waals surface area contributed by atoms with Gasteiger partial charge in [0.15, 0.2) is 5.65 Å². The third-order valence-corrected chi connectivity index (χ3v) is 1.43. The number of imidazole rings is 1. The fourth-order valence-corrected chi connectivity index (χ4v) is 0.960. The zero-order valence-corrected chi connectivity index (χ0v) is 5.84. The molecule has 5 N–H and O–H groups in total. The van der Waals surface area contributed by atoms with Crippen molar-refractivity contribution < 1.29 is 0 Å². The summed E-state index contributed by atoms with van der Waals surface area (Å²) in [4.78, 5) is 31.9. The number of fused-ring (bicyclic) bond motifs is 1. The molecule has 0 aromatic carbocycles. The normalized spacial score (nSPS) is 10.7. The summed E-state index contributed by atoms with van der Waals surface area (Å²) in [5.41, 5.74) is 4.84. The third kappa shape index (κ3) is 0.797. The first-order valence-electron chi connectivity index (χ1n) is 3.14. The van der Waals surface area contributed by atoms with Crippen LogP contribution in [0.3, 0.4) is 0 Å². The van der Waals surface area contributed by atoms with Crippen molar-refractivity contribution in [3.8, 4) is 0 Å². The molecular formula is C5H5N5O2. The minimum absolute atomic E-state index is 0.100. The van der Waals surface area contributed by atoms with Crippen LogP contribution in [0.2, 0.25) is 0 Å². The molecule has 0 spiro atoms. The second-order valence-corrected chi connectivity index (χ2v) is 2.26. The number of nitrogen functional groups attached to an aromatic ring is 1. The minimum Gasteiger partial charge on any atom is -0.383 e. The van der Waals surface area contributed by atoms with Crippen LogP contribution in [-0.2, 0) is 0 Å². The number of aromatic nitrogens is 4. The van der Waals surface area contributed by atoms with E-state index in [1.807, 2.05) is 0 Å². The van der Waals surface area contributed by atoms with E-state index in [4.69, 9.17) is 5.73 Å². The number of aromatic amines is 3. The maximum Gasteiger partial charge on any atom is 0.348 e. The van der Waals surface area contributed by atoms with Gasteiger partial charge in [-0.05, 0) is 0 Å². The molecule has 7 heteroatoms. The van der Waals surface area contributed by atoms with Gasteiger partial charge in [-0.3, -0.25) is 9.97 Å². The van der Waals surface area contributed by atoms with Gasteiger partial charge in [-0.1, -0.05) is 0 Å². The number of rotatable bonds is 0. The molecule has 0 bridgehead atoms. The lowest BCUT2D eigenvalue weighted by Gasteiger charge is -1.91. The molecule has 62 valence electrons. The van der Waals surface area contributed by atoms with Gasteiger partial charge in [0.05, 0.1) is 0 Å². The van der Waals surface area contributed by atoms with Crippen molar-refractivity contribution in [3.05, 3.63) is 21.0 Å². The SMILES string of the molecule is Nc1[15nH][13c](=O)nc2[15nH]c(=O)[nH]c12. The monoisotopic (exact) mass is 170 g/mol. The lowest BCUT2D eigenvalue weighted by molar-refractivity contribution is 1.11. The summed E-state index contributed by atoms with van der Waals surface area (Å²) in [5, 5.41) is 0. The van der Waals surface area contributed by atoms with E-state index in [1.165, 1.54) is 0 Å². The Morgan fingerprint density at radius 3 is 2.67 bits per heavy atom. The summed E-state index contributed by atoms with van der Waals surface area (Å²) in [6, 6.07) is 0. The van der Waals surface area contributed by atoms with Gasteiger partial charge in [0.25, 0.3) is 0 Å². The summed E-state index contributed by atoms with van der Waals surface area (Å²) in [6.45, 7) is 0. The number of nitrogens with zero attached hydrogens (tertiary/aromatic N) is 1. The summed E-state index contributed by atoms with van der Waals surface area (Å²) >= 11 is 0. The maximum atomic E-state index is 10.7. The van der Waals surface area contributed by atoms with Gasteiger partial charge in [0.1, 0.15) is 11.3 Å². The standard InChI is InChI=1S/C5H5N5O2/c6-2-1-3(9-4(11)7-1)10-5(12)8-2/h(H5,6,7,8,9,10,11,12)/i5+1,8+1,9+1. The van der Waals surface area contributed by atoms with E-state index >= 15 is 0 Å². The predicted octanol–water partition coefficient (Wildman–Crippen LogP) is -1.48. The van der Waals surface area contributed by atoms with Crippen LogP contribution in [0.25, 0.3) is 11.2 Å². The molecule has 0 unspecified atom stereocenters. The number of nitrogens with two attached hydrogens (primary N) is 1. The van der Waals surface area contributed by atoms with E-state index in [0.29, 0.717) is 5.52 Å². The van der Waals surface area contributed by atoms with Crippen LogP contribution in [-0.4, -0.2) is 19.9 Å². The van der Waals surface area contributed by atoms with E-state index in [-0.39, 0.29) is 11.5 Å². The van der Waals surface area contributed by atoms with Crippen LogP contribution in [0.15, 0.2) is 9.59 Å². The summed E-state index contributed by atoms with van der Waals surface area (Å²) in [5.74, 6) is 0.100. The average molecular weight is 170 g/mol. The van der Waals surface area contributed by atoms with E-state index in [1.54, 1.807) is 0 Å². The van der Waals surface area contributed by atoms with Crippen molar-refractivity contribution in [2.45, 2.75) is 0 Å². The zero-order valence-electron chi connectivity index (χ0n) is 5.84. The van der Waals surface area contributed by atoms with Crippen LogP contribution >= 0.6 is 0 Å². The molecule has 0 saturated heterocycles. The molecule has 7 nitrogen and oxygen atoms in total. The topological polar surface area (TPSA) is 120 Å². The number of hydrogen-bond acceptors (Lipinski definition) is 4. The smallest absolute Gasteiger partial charge is 0.348 e. The molecule has 0 amide bonds. The van der Waals surface area contributed by atoms with E-state index in [9.17, 15) is 9.59 Å². The van der Waals surface area contributed by atoms with Crippen molar-refractivity contribution in [2.24, 2.45) is 0 Å². The van der Waals surface area contributed by atoms with Crippen molar-refractivity contribution in [3.63, 3.8) is 0 Å². The van der Waals surface area contributed by atoms with E-state index in [2.05, 4.69) is 19.9 Å². The van der Waals surface area contributed by atoms with Gasteiger partial charge in [-0.15, -0.1) is 0 Å². The Morgan fingerprint density at radius 2 is 1.92 bits per heavy atom. The lowest BCUT2D eigenvalue weighted by Crippen LogP contribution is -2.12. The van der Waals surface area contributed by atoms with Crippen molar-refractivity contribution in [1.82, 2.24) is 19.9 Å². The average Bonchev–Trinajstić information content (AvgIpc) is 2.29. The summed E-state index contributed by atoms with van der Waals surface area (Å²) in [7, 11) is 0. The fraction of sp³-hybridized carbons (Fsp3) is 0. The predicted molar refractivity (Wildman–Crippen MR) is 41.7 cm³/mol. The molecule has 0 atom stereocenters. The van der Waals surface area contributed by atoms with Gasteiger partial charge < -0.3 is 10.7 Å². The fourth-order valence-electron chi connectivity index (χ4n) is 0.960. The molecule has 0 aliphatic rings. The van der Waals surface area contributed by atoms with Crippen LogP contribution in [0.4, 0.5) is 5.82 Å². The Hall–Kier alpha value is -2.05. The van der Waals surface area contributed by atoms with Crippen molar-refractivity contribution in [1.29, 1.82) is 0 Å². The van der Waals surface area contributed by atoms with Crippen LogP contribution in [0, 0.1) is 0 Å². The molecule has 12 heavy (non-hydrogen) atoms. The van der Waals surface area contributed by atoms with Gasteiger partial charge >= 0.3 is 11.4 Å². The number of H-pyrrole nitrogens is 3. The van der Waals surface area contributed by atoms with Crippen LogP contribution in [0.1, 0.15) is 0 Å². The number of nitrogens with one attached hydrogen (secondary N) is 3. The van der Waals surface area contributed by atoms with Crippen molar-refractivity contribution in [2.75, 3.05) is 5.73 Å². The minimum atomic E-state index is -0.588. The first-order chi connectivity index (χ1) is 5.66. The molecule has 0 radical (unpaired) electrons. The molecule has 2 rings (SSSR count). The molecule has 2 heterocycles. The van der Waals surface area contributed by atoms with Gasteiger partial charge in [-0.2, -0.15) is 4.98 Å². The highest BCUT2D eigenvalue weighted by Crippen LogP contribution is 2.05. The summed E-state index contributed by atoms with van der Waals surface area (Å²) in [6.07, 6.45) is 0. The first-order valence-corrected chi connectivity index (χ1v) is 3.14. The van der Waals surface area contributed by atoms with Crippen LogP contribution < -0.4 is 17.1 Å². The molecule has 0 aliphatic heterocycles. The highest BCUT2D eigenvalue weighted by Gasteiger charge is 2.03. The van der Waals surface area contributed by atoms with E-state index < -0.39 is 11.4 Å². The van der Waals surface area contributed by atoms with Gasteiger partial charge in [0.2, 0.25) is 0 Å². The Labute approximate surface area is 64.6 Å². The molecule has 0 aliphatic carbocycles. The maximum absolute atomic E-state index is 10.7. The van der Waals surface area contributed by atoms with Gasteiger partial charge in [0, 0.05) is 0 Å². The Morgan fingerprint density at radius 1 is 1.17 bits per heavy atom. The van der Waals surface area contributed by atoms with E-state index in [0.717, 1.165) is 0 Å². The zero-order chi connectivity index (χ0) is 8.72. The molecular weight excluding hydrogens is 165 g/mol. The molecule has 2 aromatic heterocycles. The first kappa shape index (κ1) is 6.65. The Kier molecular flexibility index (Phi) is 1.09. The van der Waals surface area contributed by atoms with Gasteiger partial charge in [-0.25, -0.2) is 9.59 Å². The second kappa shape index (κ2) is 1.97. The largest absolute Gasteiger partial charge is 0.383 e. The number of hydrogen-bond donors (Lipinski definition) is 4. The number of anilines is 1. The molecule has 0 fully saturated rings. The Balaban J connectivity index is 3.07. The molecule has 0 saturated carbocycles. The quantitative estimate of drug-likeness (QED) is 0.385. The summed E-state index contributed by atoms with van der Waals surface area (Å²) < 4.78 is 0. The highest BCUT2D eigenvalue weighted by atomic mass is 16.2.